The van der Waals surface area contributed by atoms with Crippen molar-refractivity contribution in [3.63, 3.8) is 0 Å². The van der Waals surface area contributed by atoms with Crippen LogP contribution in [0.25, 0.3) is 0 Å². The molecule has 1 saturated heterocycles. The van der Waals surface area contributed by atoms with Crippen LogP contribution in [0.15, 0.2) is 0 Å². The number of hydrogen-bond acceptors (Lipinski definition) is 4. The van der Waals surface area contributed by atoms with Gasteiger partial charge in [-0.1, -0.05) is 0 Å². The number of carbonyl (C=O) groups excluding carboxylic acids is 1. The summed E-state index contributed by atoms with van der Waals surface area (Å²) in [6, 6.07) is 0.502. The fraction of sp³-hybridized carbons (Fsp3) is 0.833. The van der Waals surface area contributed by atoms with Crippen molar-refractivity contribution >= 4 is 17.7 Å². The maximum Gasteiger partial charge on any atom is 0.274 e. The molecule has 1 N–H and O–H groups in total. The third-order valence-corrected chi connectivity index (χ3v) is 9.96. The molecule has 1 aromatic rings. The van der Waals surface area contributed by atoms with Gasteiger partial charge in [0, 0.05) is 48.9 Å². The fourth-order valence-corrected chi connectivity index (χ4v) is 8.63. The van der Waals surface area contributed by atoms with Crippen molar-refractivity contribution in [3.05, 3.63) is 17.0 Å². The predicted octanol–water partition coefficient (Wildman–Crippen LogP) is 3.13. The highest BCUT2D eigenvalue weighted by Crippen LogP contribution is 2.56. The molecule has 5 nitrogen and oxygen atoms in total. The summed E-state index contributed by atoms with van der Waals surface area (Å²) in [6.07, 6.45) is 10.7. The molecule has 1 aromatic heterocycles. The lowest BCUT2D eigenvalue weighted by molar-refractivity contribution is -0.0364. The molecule has 1 atom stereocenters. The molecule has 30 heavy (non-hydrogen) atoms. The molecular formula is C24H36N4OS. The maximum atomic E-state index is 13.2. The molecule has 0 unspecified atom stereocenters. The van der Waals surface area contributed by atoms with Gasteiger partial charge in [-0.2, -0.15) is 16.9 Å². The Morgan fingerprint density at radius 1 is 1.10 bits per heavy atom. The summed E-state index contributed by atoms with van der Waals surface area (Å²) in [6.45, 7) is 2.92. The van der Waals surface area contributed by atoms with Gasteiger partial charge in [0.1, 0.15) is 0 Å². The van der Waals surface area contributed by atoms with E-state index >= 15 is 0 Å². The fourth-order valence-electron chi connectivity index (χ4n) is 7.73. The van der Waals surface area contributed by atoms with Gasteiger partial charge in [0.15, 0.2) is 5.69 Å². The van der Waals surface area contributed by atoms with Crippen molar-refractivity contribution in [1.82, 2.24) is 20.0 Å². The second-order valence-electron chi connectivity index (χ2n) is 10.7. The van der Waals surface area contributed by atoms with Crippen LogP contribution >= 0.6 is 11.8 Å². The van der Waals surface area contributed by atoms with Crippen LogP contribution in [-0.4, -0.2) is 57.8 Å². The van der Waals surface area contributed by atoms with Crippen LogP contribution in [-0.2, 0) is 19.9 Å². The Balaban J connectivity index is 1.13. The van der Waals surface area contributed by atoms with Crippen molar-refractivity contribution < 1.29 is 4.79 Å². The lowest BCUT2D eigenvalue weighted by atomic mass is 9.52. The molecule has 0 spiro atoms. The van der Waals surface area contributed by atoms with Crippen molar-refractivity contribution in [2.24, 2.45) is 36.6 Å². The summed E-state index contributed by atoms with van der Waals surface area (Å²) < 4.78 is 1.98. The largest absolute Gasteiger partial charge is 0.336 e. The second kappa shape index (κ2) is 7.84. The van der Waals surface area contributed by atoms with Gasteiger partial charge in [-0.05, 0) is 87.5 Å². The Bertz CT molecular complexity index is 786. The van der Waals surface area contributed by atoms with Crippen LogP contribution in [0.3, 0.4) is 0 Å². The van der Waals surface area contributed by atoms with E-state index in [1.54, 1.807) is 0 Å². The topological polar surface area (TPSA) is 50.2 Å². The summed E-state index contributed by atoms with van der Waals surface area (Å²) in [5.41, 5.74) is 3.26. The number of aryl methyl sites for hydroxylation is 1. The molecule has 5 fully saturated rings. The number of thioether (sulfide) groups is 1. The van der Waals surface area contributed by atoms with Gasteiger partial charge >= 0.3 is 0 Å². The first-order valence-corrected chi connectivity index (χ1v) is 13.5. The van der Waals surface area contributed by atoms with Gasteiger partial charge in [-0.25, -0.2) is 0 Å². The molecule has 5 aliphatic carbocycles. The highest BCUT2D eigenvalue weighted by molar-refractivity contribution is 7.99. The molecule has 4 saturated carbocycles. The monoisotopic (exact) mass is 428 g/mol. The van der Waals surface area contributed by atoms with E-state index in [1.165, 1.54) is 56.3 Å². The zero-order valence-electron chi connectivity index (χ0n) is 18.3. The van der Waals surface area contributed by atoms with E-state index in [2.05, 4.69) is 5.32 Å². The molecule has 164 valence electrons. The standard InChI is InChI=1S/C24H36N4OS/c1-27-22-3-2-19(13-20(22)23(26-27)24(29)28-4-6-30-7-5-28)25-14-21-17-9-15-8-16(11-17)12-18(21)10-15/h15-19,21,25H,2-14H2,1H3/t15?,16?,17?,18?,19-,21?/m1/s1. The van der Waals surface area contributed by atoms with Crippen LogP contribution in [0.4, 0.5) is 0 Å². The van der Waals surface area contributed by atoms with Gasteiger partial charge in [0.25, 0.3) is 5.91 Å². The Kier molecular flexibility index (Phi) is 5.14. The zero-order chi connectivity index (χ0) is 20.2. The molecular weight excluding hydrogens is 392 g/mol. The summed E-state index contributed by atoms with van der Waals surface area (Å²) in [7, 11) is 2.02. The van der Waals surface area contributed by atoms with Crippen molar-refractivity contribution in [2.45, 2.75) is 57.4 Å². The van der Waals surface area contributed by atoms with E-state index in [4.69, 9.17) is 5.10 Å². The van der Waals surface area contributed by atoms with E-state index in [-0.39, 0.29) is 5.91 Å². The summed E-state index contributed by atoms with van der Waals surface area (Å²) in [5.74, 6) is 7.25. The number of nitrogens with one attached hydrogen (secondary N) is 1. The first-order chi connectivity index (χ1) is 14.7. The Morgan fingerprint density at radius 3 is 2.50 bits per heavy atom. The molecule has 0 aromatic carbocycles. The van der Waals surface area contributed by atoms with E-state index in [0.29, 0.717) is 6.04 Å². The van der Waals surface area contributed by atoms with E-state index in [1.807, 2.05) is 28.4 Å². The van der Waals surface area contributed by atoms with Crippen LogP contribution in [0.2, 0.25) is 0 Å². The normalized spacial score (nSPS) is 37.4. The minimum Gasteiger partial charge on any atom is -0.336 e. The summed E-state index contributed by atoms with van der Waals surface area (Å²) in [4.78, 5) is 15.2. The molecule has 1 aliphatic heterocycles. The van der Waals surface area contributed by atoms with E-state index < -0.39 is 0 Å². The molecule has 1 amide bonds. The van der Waals surface area contributed by atoms with Gasteiger partial charge in [0.2, 0.25) is 0 Å². The third kappa shape index (κ3) is 3.42. The van der Waals surface area contributed by atoms with Crippen LogP contribution in [0.1, 0.15) is 60.3 Å². The Hall–Kier alpha value is -1.01. The van der Waals surface area contributed by atoms with Gasteiger partial charge < -0.3 is 10.2 Å². The Morgan fingerprint density at radius 2 is 1.80 bits per heavy atom. The minimum atomic E-state index is 0.161. The summed E-state index contributed by atoms with van der Waals surface area (Å²) >= 11 is 1.95. The number of hydrogen-bond donors (Lipinski definition) is 1. The molecule has 6 aliphatic rings. The quantitative estimate of drug-likeness (QED) is 0.801. The number of fused-ring (bicyclic) bond motifs is 1. The minimum absolute atomic E-state index is 0.161. The smallest absolute Gasteiger partial charge is 0.274 e. The molecule has 6 heteroatoms. The average Bonchev–Trinajstić information content (AvgIpc) is 3.09. The lowest BCUT2D eigenvalue weighted by Gasteiger charge is -2.54. The molecule has 0 radical (unpaired) electrons. The highest BCUT2D eigenvalue weighted by atomic mass is 32.2. The lowest BCUT2D eigenvalue weighted by Crippen LogP contribution is -2.50. The number of rotatable bonds is 4. The van der Waals surface area contributed by atoms with Crippen LogP contribution in [0, 0.1) is 29.6 Å². The van der Waals surface area contributed by atoms with Gasteiger partial charge in [-0.3, -0.25) is 9.48 Å². The van der Waals surface area contributed by atoms with E-state index in [9.17, 15) is 4.79 Å². The Labute approximate surface area is 184 Å². The predicted molar refractivity (Wildman–Crippen MR) is 121 cm³/mol. The molecule has 4 bridgehead atoms. The third-order valence-electron chi connectivity index (χ3n) is 9.02. The maximum absolute atomic E-state index is 13.2. The van der Waals surface area contributed by atoms with Crippen molar-refractivity contribution in [1.29, 1.82) is 0 Å². The summed E-state index contributed by atoms with van der Waals surface area (Å²) in [5, 5.41) is 8.68. The first-order valence-electron chi connectivity index (χ1n) is 12.3. The average molecular weight is 429 g/mol. The highest BCUT2D eigenvalue weighted by Gasteiger charge is 2.48. The molecule has 2 heterocycles. The number of amides is 1. The number of aromatic nitrogens is 2. The zero-order valence-corrected chi connectivity index (χ0v) is 19.1. The van der Waals surface area contributed by atoms with Crippen molar-refractivity contribution in [3.8, 4) is 0 Å². The van der Waals surface area contributed by atoms with Crippen LogP contribution in [0.5, 0.6) is 0 Å². The van der Waals surface area contributed by atoms with Crippen molar-refractivity contribution in [2.75, 3.05) is 31.1 Å². The number of nitrogens with zero attached hydrogens (tertiary/aromatic N) is 3. The van der Waals surface area contributed by atoms with Gasteiger partial charge in [-0.15, -0.1) is 0 Å². The number of carbonyl (C=O) groups is 1. The van der Waals surface area contributed by atoms with Gasteiger partial charge in [0.05, 0.1) is 0 Å². The van der Waals surface area contributed by atoms with Crippen LogP contribution < -0.4 is 5.32 Å². The molecule has 7 rings (SSSR count). The second-order valence-corrected chi connectivity index (χ2v) is 12.0. The SMILES string of the molecule is Cn1nc(C(=O)N2CCSCC2)c2c1CC[C@@H](NCC1C3CC4CC(C3)CC1C4)C2. The van der Waals surface area contributed by atoms with E-state index in [0.717, 1.165) is 72.7 Å². The first kappa shape index (κ1) is 19.7.